The highest BCUT2D eigenvalue weighted by Gasteiger charge is 2.25. The fourth-order valence-electron chi connectivity index (χ4n) is 3.81. The molecule has 0 radical (unpaired) electrons. The van der Waals surface area contributed by atoms with Crippen LogP contribution < -0.4 is 10.6 Å². The number of hydrogen-bond acceptors (Lipinski definition) is 4. The zero-order chi connectivity index (χ0) is 21.2. The molecule has 1 saturated heterocycles. The van der Waals surface area contributed by atoms with Gasteiger partial charge in [-0.05, 0) is 50.6 Å². The Kier molecular flexibility index (Phi) is 10.9. The highest BCUT2D eigenvalue weighted by atomic mass is 127. The number of furan rings is 1. The molecule has 1 amide bonds. The van der Waals surface area contributed by atoms with Crippen LogP contribution in [0.5, 0.6) is 0 Å². The second-order valence-corrected chi connectivity index (χ2v) is 7.47. The topological polar surface area (TPSA) is 73.1 Å². The van der Waals surface area contributed by atoms with Crippen molar-refractivity contribution >= 4 is 35.8 Å². The van der Waals surface area contributed by atoms with Crippen LogP contribution in [-0.4, -0.2) is 61.4 Å². The van der Waals surface area contributed by atoms with Crippen molar-refractivity contribution in [1.82, 2.24) is 20.4 Å². The molecule has 1 aliphatic rings. The molecule has 31 heavy (non-hydrogen) atoms. The molecule has 8 heteroatoms. The quantitative estimate of drug-likeness (QED) is 0.291. The summed E-state index contributed by atoms with van der Waals surface area (Å²) in [5, 5.41) is 6.52. The first-order valence-electron chi connectivity index (χ1n) is 10.7. The third-order valence-electron chi connectivity index (χ3n) is 5.50. The fraction of sp³-hybridized carbons (Fsp3) is 0.478. The van der Waals surface area contributed by atoms with Crippen molar-refractivity contribution in [3.63, 3.8) is 0 Å². The van der Waals surface area contributed by atoms with Gasteiger partial charge in [-0.25, -0.2) is 0 Å². The van der Waals surface area contributed by atoms with E-state index in [1.165, 1.54) is 12.8 Å². The fourth-order valence-corrected chi connectivity index (χ4v) is 3.81. The molecule has 2 aromatic rings. The molecule has 1 aromatic heterocycles. The molecule has 0 saturated carbocycles. The van der Waals surface area contributed by atoms with Gasteiger partial charge in [-0.3, -0.25) is 14.7 Å². The molecule has 1 unspecified atom stereocenters. The molecule has 1 fully saturated rings. The molecule has 0 spiro atoms. The first-order valence-corrected chi connectivity index (χ1v) is 10.7. The van der Waals surface area contributed by atoms with Gasteiger partial charge in [0, 0.05) is 26.7 Å². The van der Waals surface area contributed by atoms with Crippen molar-refractivity contribution in [2.24, 2.45) is 4.99 Å². The highest BCUT2D eigenvalue weighted by molar-refractivity contribution is 14.0. The monoisotopic (exact) mass is 539 g/mol. The van der Waals surface area contributed by atoms with Crippen LogP contribution in [0.4, 0.5) is 0 Å². The molecular weight excluding hydrogens is 505 g/mol. The van der Waals surface area contributed by atoms with Gasteiger partial charge in [0.25, 0.3) is 0 Å². The van der Waals surface area contributed by atoms with E-state index in [0.717, 1.165) is 24.4 Å². The van der Waals surface area contributed by atoms with E-state index in [4.69, 9.17) is 4.42 Å². The Labute approximate surface area is 202 Å². The number of rotatable bonds is 9. The average molecular weight is 539 g/mol. The largest absolute Gasteiger partial charge is 0.468 e. The lowest BCUT2D eigenvalue weighted by Crippen LogP contribution is -2.46. The second kappa shape index (κ2) is 13.4. The molecule has 1 aromatic carbocycles. The van der Waals surface area contributed by atoms with Crippen LogP contribution in [-0.2, 0) is 11.3 Å². The van der Waals surface area contributed by atoms with Crippen molar-refractivity contribution in [3.8, 4) is 0 Å². The Morgan fingerprint density at radius 3 is 2.52 bits per heavy atom. The summed E-state index contributed by atoms with van der Waals surface area (Å²) in [6.07, 6.45) is 4.15. The minimum Gasteiger partial charge on any atom is -0.468 e. The Morgan fingerprint density at radius 2 is 1.90 bits per heavy atom. The van der Waals surface area contributed by atoms with Crippen LogP contribution in [0.25, 0.3) is 0 Å². The molecule has 0 aliphatic carbocycles. The van der Waals surface area contributed by atoms with Crippen molar-refractivity contribution in [3.05, 3.63) is 60.1 Å². The van der Waals surface area contributed by atoms with Gasteiger partial charge in [0.15, 0.2) is 5.96 Å². The summed E-state index contributed by atoms with van der Waals surface area (Å²) < 4.78 is 5.67. The van der Waals surface area contributed by atoms with Gasteiger partial charge < -0.3 is 20.0 Å². The number of halogens is 1. The minimum atomic E-state index is 0. The van der Waals surface area contributed by atoms with E-state index >= 15 is 0 Å². The number of amides is 1. The molecule has 0 bridgehead atoms. The lowest BCUT2D eigenvalue weighted by Gasteiger charge is -2.27. The number of hydrogen-bond donors (Lipinski definition) is 2. The van der Waals surface area contributed by atoms with E-state index in [2.05, 4.69) is 20.5 Å². The molecule has 2 heterocycles. The van der Waals surface area contributed by atoms with Gasteiger partial charge in [0.05, 0.1) is 18.8 Å². The molecule has 2 N–H and O–H groups in total. The van der Waals surface area contributed by atoms with Crippen molar-refractivity contribution in [2.45, 2.75) is 32.4 Å². The third-order valence-corrected chi connectivity index (χ3v) is 5.50. The van der Waals surface area contributed by atoms with Crippen molar-refractivity contribution in [2.75, 3.05) is 39.8 Å². The Bertz CT molecular complexity index is 792. The van der Waals surface area contributed by atoms with Gasteiger partial charge >= 0.3 is 0 Å². The summed E-state index contributed by atoms with van der Waals surface area (Å²) in [4.78, 5) is 21.2. The predicted molar refractivity (Wildman–Crippen MR) is 135 cm³/mol. The van der Waals surface area contributed by atoms with Crippen LogP contribution in [0.1, 0.15) is 37.1 Å². The minimum absolute atomic E-state index is 0. The van der Waals surface area contributed by atoms with Gasteiger partial charge in [0.2, 0.25) is 5.91 Å². The van der Waals surface area contributed by atoms with E-state index < -0.39 is 0 Å². The van der Waals surface area contributed by atoms with Crippen LogP contribution in [0, 0.1) is 0 Å². The molecule has 170 valence electrons. The summed E-state index contributed by atoms with van der Waals surface area (Å²) >= 11 is 0. The average Bonchev–Trinajstić information content (AvgIpc) is 3.50. The van der Waals surface area contributed by atoms with Gasteiger partial charge in [-0.15, -0.1) is 24.0 Å². The summed E-state index contributed by atoms with van der Waals surface area (Å²) in [7, 11) is 1.72. The smallest absolute Gasteiger partial charge is 0.242 e. The van der Waals surface area contributed by atoms with E-state index in [1.807, 2.05) is 54.3 Å². The molecular formula is C23H34IN5O2. The first kappa shape index (κ1) is 25.2. The Hall–Kier alpha value is -2.07. The molecule has 7 nitrogen and oxygen atoms in total. The Morgan fingerprint density at radius 1 is 1.16 bits per heavy atom. The van der Waals surface area contributed by atoms with E-state index in [1.54, 1.807) is 13.3 Å². The molecule has 1 atom stereocenters. The summed E-state index contributed by atoms with van der Waals surface area (Å²) in [5.41, 5.74) is 1.13. The summed E-state index contributed by atoms with van der Waals surface area (Å²) in [5.74, 6) is 1.62. The van der Waals surface area contributed by atoms with Crippen LogP contribution >= 0.6 is 24.0 Å². The maximum atomic E-state index is 12.7. The molecule has 3 rings (SSSR count). The normalized spacial score (nSPS) is 15.2. The van der Waals surface area contributed by atoms with Crippen LogP contribution in [0.3, 0.4) is 0 Å². The summed E-state index contributed by atoms with van der Waals surface area (Å²) in [6, 6.07) is 14.1. The molecule has 1 aliphatic heterocycles. The lowest BCUT2D eigenvalue weighted by atomic mass is 10.2. The predicted octanol–water partition coefficient (Wildman–Crippen LogP) is 3.25. The number of likely N-dealkylation sites (N-methyl/N-ethyl adjacent to an activating group) is 1. The van der Waals surface area contributed by atoms with Gasteiger partial charge in [-0.2, -0.15) is 0 Å². The number of carbonyl (C=O) groups is 1. The third kappa shape index (κ3) is 7.53. The number of guanidine groups is 1. The first-order chi connectivity index (χ1) is 14.7. The standard InChI is InChI=1S/C23H33N5O2.HI/c1-3-27(18-19-10-5-4-6-11-19)22(29)17-26-23(24-2)25-16-20(21-12-9-15-30-21)28-13-7-8-14-28;/h4-6,9-12,15,20H,3,7-8,13-14,16-18H2,1-2H3,(H2,24,25,26);1H. The summed E-state index contributed by atoms with van der Waals surface area (Å²) in [6.45, 7) is 6.29. The highest BCUT2D eigenvalue weighted by Crippen LogP contribution is 2.24. The maximum Gasteiger partial charge on any atom is 0.242 e. The zero-order valence-corrected chi connectivity index (χ0v) is 20.7. The lowest BCUT2D eigenvalue weighted by molar-refractivity contribution is -0.130. The second-order valence-electron chi connectivity index (χ2n) is 7.47. The Balaban J connectivity index is 0.00000341. The maximum absolute atomic E-state index is 12.7. The number of nitrogens with one attached hydrogen (secondary N) is 2. The van der Waals surface area contributed by atoms with Gasteiger partial charge in [-0.1, -0.05) is 30.3 Å². The van der Waals surface area contributed by atoms with Gasteiger partial charge in [0.1, 0.15) is 5.76 Å². The number of benzene rings is 1. The zero-order valence-electron chi connectivity index (χ0n) is 18.4. The van der Waals surface area contributed by atoms with Crippen LogP contribution in [0.2, 0.25) is 0 Å². The SMILES string of the molecule is CCN(Cc1ccccc1)C(=O)CNC(=NC)NCC(c1ccco1)N1CCCC1.I. The van der Waals surface area contributed by atoms with E-state index in [-0.39, 0.29) is 42.5 Å². The van der Waals surface area contributed by atoms with Crippen molar-refractivity contribution < 1.29 is 9.21 Å². The van der Waals surface area contributed by atoms with Crippen LogP contribution in [0.15, 0.2) is 58.1 Å². The number of aliphatic imine (C=N–C) groups is 1. The number of nitrogens with zero attached hydrogens (tertiary/aromatic N) is 3. The number of likely N-dealkylation sites (tertiary alicyclic amines) is 1. The number of carbonyl (C=O) groups excluding carboxylic acids is 1. The van der Waals surface area contributed by atoms with Crippen molar-refractivity contribution in [1.29, 1.82) is 0 Å². The van der Waals surface area contributed by atoms with E-state index in [0.29, 0.717) is 25.6 Å². The van der Waals surface area contributed by atoms with E-state index in [9.17, 15) is 4.79 Å².